The molecule has 0 unspecified atom stereocenters. The van der Waals surface area contributed by atoms with Gasteiger partial charge in [-0.2, -0.15) is 13.2 Å². The number of aryl methyl sites for hydroxylation is 1. The number of nitrogens with one attached hydrogen (secondary N) is 1. The van der Waals surface area contributed by atoms with Gasteiger partial charge in [-0.3, -0.25) is 9.78 Å². The third-order valence-electron chi connectivity index (χ3n) is 3.13. The lowest BCUT2D eigenvalue weighted by Gasteiger charge is -2.14. The summed E-state index contributed by atoms with van der Waals surface area (Å²) in [4.78, 5) is 16.2. The number of nitrogens with zero attached hydrogens (tertiary/aromatic N) is 1. The number of carbonyl (C=O) groups excluding carboxylic acids is 1. The van der Waals surface area contributed by atoms with E-state index in [2.05, 4.69) is 10.3 Å². The van der Waals surface area contributed by atoms with E-state index in [-0.39, 0.29) is 16.8 Å². The molecule has 0 bridgehead atoms. The van der Waals surface area contributed by atoms with Gasteiger partial charge in [0.05, 0.1) is 23.4 Å². The van der Waals surface area contributed by atoms with Crippen LogP contribution in [0.5, 0.6) is 0 Å². The molecule has 0 aliphatic heterocycles. The lowest BCUT2D eigenvalue weighted by atomic mass is 10.1. The Labute approximate surface area is 143 Å². The van der Waals surface area contributed by atoms with Crippen molar-refractivity contribution in [2.24, 2.45) is 0 Å². The van der Waals surface area contributed by atoms with Crippen LogP contribution < -0.4 is 5.32 Å². The fourth-order valence-corrected chi connectivity index (χ4v) is 2.36. The van der Waals surface area contributed by atoms with Crippen molar-refractivity contribution in [2.75, 3.05) is 5.32 Å². The first-order chi connectivity index (χ1) is 10.7. The smallest absolute Gasteiger partial charge is 0.392 e. The highest BCUT2D eigenvalue weighted by Crippen LogP contribution is 2.34. The van der Waals surface area contributed by atoms with Gasteiger partial charge in [-0.1, -0.05) is 6.07 Å². The molecule has 0 saturated heterocycles. The summed E-state index contributed by atoms with van der Waals surface area (Å²) < 4.78 is 39.6. The quantitative estimate of drug-likeness (QED) is 0.721. The van der Waals surface area contributed by atoms with Gasteiger partial charge < -0.3 is 10.4 Å². The molecule has 2 aromatic rings. The molecule has 8 heteroatoms. The summed E-state index contributed by atoms with van der Waals surface area (Å²) in [6, 6.07) is 4.85. The van der Waals surface area contributed by atoms with Gasteiger partial charge in [-0.25, -0.2) is 0 Å². The van der Waals surface area contributed by atoms with Gasteiger partial charge in [-0.15, -0.1) is 0 Å². The minimum Gasteiger partial charge on any atom is -0.392 e. The van der Waals surface area contributed by atoms with Crippen LogP contribution in [0.1, 0.15) is 27.2 Å². The molecule has 0 spiro atoms. The first-order valence-corrected chi connectivity index (χ1v) is 7.54. The molecule has 2 N–H and O–H groups in total. The van der Waals surface area contributed by atoms with Gasteiger partial charge in [-0.05, 0) is 53.3 Å². The highest BCUT2D eigenvalue weighted by molar-refractivity contribution is 14.1. The van der Waals surface area contributed by atoms with Crippen LogP contribution in [0.2, 0.25) is 0 Å². The van der Waals surface area contributed by atoms with Crippen molar-refractivity contribution >= 4 is 34.2 Å². The lowest BCUT2D eigenvalue weighted by molar-refractivity contribution is -0.138. The Bertz CT molecular complexity index is 748. The van der Waals surface area contributed by atoms with E-state index >= 15 is 0 Å². The van der Waals surface area contributed by atoms with Crippen LogP contribution in [0, 0.1) is 10.5 Å². The second-order valence-corrected chi connectivity index (χ2v) is 5.94. The molecular formula is C15H12F3IN2O2. The summed E-state index contributed by atoms with van der Waals surface area (Å²) in [5, 5.41) is 11.4. The van der Waals surface area contributed by atoms with Crippen molar-refractivity contribution < 1.29 is 23.1 Å². The Morgan fingerprint density at radius 2 is 2.04 bits per heavy atom. The number of hydrogen-bond donors (Lipinski definition) is 2. The first-order valence-electron chi connectivity index (χ1n) is 6.47. The number of rotatable bonds is 3. The molecule has 4 nitrogen and oxygen atoms in total. The van der Waals surface area contributed by atoms with E-state index in [0.717, 1.165) is 21.4 Å². The summed E-state index contributed by atoms with van der Waals surface area (Å²) in [7, 11) is 0. The molecule has 1 amide bonds. The molecule has 0 radical (unpaired) electrons. The molecule has 122 valence electrons. The number of aliphatic hydroxyl groups excluding tert-OH is 1. The zero-order valence-electron chi connectivity index (χ0n) is 11.9. The van der Waals surface area contributed by atoms with Gasteiger partial charge >= 0.3 is 6.18 Å². The van der Waals surface area contributed by atoms with E-state index in [1.807, 2.05) is 22.6 Å². The summed E-state index contributed by atoms with van der Waals surface area (Å²) >= 11 is 2.02. The molecule has 0 fully saturated rings. The van der Waals surface area contributed by atoms with Crippen LogP contribution in [0.15, 0.2) is 30.5 Å². The van der Waals surface area contributed by atoms with Crippen LogP contribution in [-0.4, -0.2) is 16.0 Å². The molecule has 1 aromatic heterocycles. The number of benzene rings is 1. The number of pyridine rings is 1. The van der Waals surface area contributed by atoms with E-state index in [9.17, 15) is 18.0 Å². The molecule has 0 aliphatic rings. The van der Waals surface area contributed by atoms with Gasteiger partial charge in [0.15, 0.2) is 0 Å². The number of alkyl halides is 3. The van der Waals surface area contributed by atoms with Crippen LogP contribution >= 0.6 is 22.6 Å². The standard InChI is InChI=1S/C15H12F3IN2O2/c1-8-13(19)4-10(6-20-8)14(23)21-11-3-2-9(7-22)12(5-11)15(16,17)18/h2-6,22H,7H2,1H3,(H,21,23). The molecule has 0 atom stereocenters. The van der Waals surface area contributed by atoms with Gasteiger partial charge in [0, 0.05) is 15.5 Å². The maximum absolute atomic E-state index is 12.9. The van der Waals surface area contributed by atoms with Crippen LogP contribution in [0.4, 0.5) is 18.9 Å². The second kappa shape index (κ2) is 6.83. The fraction of sp³-hybridized carbons (Fsp3) is 0.200. The Morgan fingerprint density at radius 3 is 2.61 bits per heavy atom. The molecule has 0 saturated carbocycles. The summed E-state index contributed by atoms with van der Waals surface area (Å²) in [6.07, 6.45) is -3.25. The molecule has 0 aliphatic carbocycles. The van der Waals surface area contributed by atoms with Crippen LogP contribution in [-0.2, 0) is 12.8 Å². The number of anilines is 1. The Hall–Kier alpha value is -1.68. The Morgan fingerprint density at radius 1 is 1.35 bits per heavy atom. The zero-order valence-corrected chi connectivity index (χ0v) is 14.1. The van der Waals surface area contributed by atoms with E-state index < -0.39 is 24.3 Å². The summed E-state index contributed by atoms with van der Waals surface area (Å²) in [6.45, 7) is 1.05. The summed E-state index contributed by atoms with van der Waals surface area (Å²) in [5.74, 6) is -0.555. The number of aliphatic hydroxyl groups is 1. The normalized spacial score (nSPS) is 11.4. The molecular weight excluding hydrogens is 424 g/mol. The minimum atomic E-state index is -4.61. The number of amides is 1. The maximum atomic E-state index is 12.9. The van der Waals surface area contributed by atoms with Crippen LogP contribution in [0.3, 0.4) is 0 Å². The summed E-state index contributed by atoms with van der Waals surface area (Å²) in [5.41, 5.74) is -0.222. The van der Waals surface area contributed by atoms with E-state index in [4.69, 9.17) is 5.11 Å². The predicted molar refractivity (Wildman–Crippen MR) is 87.0 cm³/mol. The van der Waals surface area contributed by atoms with E-state index in [1.165, 1.54) is 12.3 Å². The third-order valence-corrected chi connectivity index (χ3v) is 4.22. The SMILES string of the molecule is Cc1ncc(C(=O)Nc2ccc(CO)c(C(F)(F)F)c2)cc1I. The number of hydrogen-bond acceptors (Lipinski definition) is 3. The highest BCUT2D eigenvalue weighted by atomic mass is 127. The topological polar surface area (TPSA) is 62.2 Å². The number of halogens is 4. The highest BCUT2D eigenvalue weighted by Gasteiger charge is 2.33. The van der Waals surface area contributed by atoms with Crippen molar-refractivity contribution in [2.45, 2.75) is 19.7 Å². The lowest BCUT2D eigenvalue weighted by Crippen LogP contribution is -2.15. The molecule has 23 heavy (non-hydrogen) atoms. The van der Waals surface area contributed by atoms with Gasteiger partial charge in [0.1, 0.15) is 0 Å². The first kappa shape index (κ1) is 17.7. The van der Waals surface area contributed by atoms with Crippen molar-refractivity contribution in [3.63, 3.8) is 0 Å². The minimum absolute atomic E-state index is 0.00453. The third kappa shape index (κ3) is 4.20. The van der Waals surface area contributed by atoms with Crippen molar-refractivity contribution in [3.05, 3.63) is 56.4 Å². The zero-order chi connectivity index (χ0) is 17.2. The van der Waals surface area contributed by atoms with E-state index in [0.29, 0.717) is 0 Å². The van der Waals surface area contributed by atoms with Gasteiger partial charge in [0.25, 0.3) is 5.91 Å². The van der Waals surface area contributed by atoms with Crippen molar-refractivity contribution in [3.8, 4) is 0 Å². The van der Waals surface area contributed by atoms with Crippen molar-refractivity contribution in [1.29, 1.82) is 0 Å². The number of carbonyl (C=O) groups is 1. The monoisotopic (exact) mass is 436 g/mol. The molecule has 1 heterocycles. The Balaban J connectivity index is 2.29. The fourth-order valence-electron chi connectivity index (χ4n) is 1.89. The van der Waals surface area contributed by atoms with Crippen LogP contribution in [0.25, 0.3) is 0 Å². The molecule has 1 aromatic carbocycles. The number of aromatic nitrogens is 1. The maximum Gasteiger partial charge on any atom is 0.416 e. The Kier molecular flexibility index (Phi) is 5.25. The average Bonchev–Trinajstić information content (AvgIpc) is 2.49. The van der Waals surface area contributed by atoms with E-state index in [1.54, 1.807) is 13.0 Å². The second-order valence-electron chi connectivity index (χ2n) is 4.77. The van der Waals surface area contributed by atoms with Crippen molar-refractivity contribution in [1.82, 2.24) is 4.98 Å². The average molecular weight is 436 g/mol. The molecule has 2 rings (SSSR count). The largest absolute Gasteiger partial charge is 0.416 e. The predicted octanol–water partition coefficient (Wildman–Crippen LogP) is 3.76. The van der Waals surface area contributed by atoms with Gasteiger partial charge in [0.2, 0.25) is 0 Å².